The Hall–Kier alpha value is -2.72. The van der Waals surface area contributed by atoms with Crippen LogP contribution >= 0.6 is 19.4 Å². The molecule has 3 nitrogen and oxygen atoms in total. The average Bonchev–Trinajstić information content (AvgIpc) is 3.37. The number of aryl methyl sites for hydroxylation is 7. The fourth-order valence-electron chi connectivity index (χ4n) is 5.96. The summed E-state index contributed by atoms with van der Waals surface area (Å²) in [5.74, 6) is -0.278. The fraction of sp³-hybridized carbons (Fsp3) is 0.278. The molecular weight excluding hydrogens is 665 g/mol. The molecule has 1 aliphatic rings. The Morgan fingerprint density at radius 2 is 1.26 bits per heavy atom. The summed E-state index contributed by atoms with van der Waals surface area (Å²) in [6.07, 6.45) is 0. The molecule has 230 valence electrons. The third kappa shape index (κ3) is 8.69. The molecule has 0 spiro atoms. The predicted octanol–water partition coefficient (Wildman–Crippen LogP) is 9.81. The van der Waals surface area contributed by atoms with Crippen molar-refractivity contribution in [1.82, 2.24) is 0 Å². The predicted molar refractivity (Wildman–Crippen MR) is 182 cm³/mol. The van der Waals surface area contributed by atoms with E-state index in [0.29, 0.717) is 6.54 Å². The third-order valence-corrected chi connectivity index (χ3v) is 9.45. The van der Waals surface area contributed by atoms with Crippen LogP contribution in [0, 0.1) is 61.0 Å². The van der Waals surface area contributed by atoms with Crippen LogP contribution < -0.4 is 15.1 Å². The Morgan fingerprint density at radius 3 is 1.74 bits per heavy atom. The van der Waals surface area contributed by atoms with Crippen LogP contribution in [0.1, 0.15) is 50.1 Å². The molecule has 5 rings (SSSR count). The van der Waals surface area contributed by atoms with Gasteiger partial charge in [-0.3, -0.25) is 0 Å². The van der Waals surface area contributed by atoms with Gasteiger partial charge in [-0.05, 0) is 63.8 Å². The van der Waals surface area contributed by atoms with Crippen molar-refractivity contribution in [2.24, 2.45) is 0 Å². The molecule has 0 aromatic heterocycles. The normalized spacial score (nSPS) is 13.0. The fourth-order valence-corrected chi connectivity index (χ4v) is 7.81. The molecule has 1 N–H and O–H groups in total. The molecule has 0 atom stereocenters. The SMILES string of the molecule is Cc1cc(C)c(N2[CH-]N(c3c(C)cc(C)cc3C)CC2)c(C)c1.Cc1ccccc1NCc1ccc(F)cc1[CH]=[Ru]([Cl])[Cl]. The van der Waals surface area contributed by atoms with Crippen LogP contribution in [0.15, 0.2) is 66.7 Å². The first-order chi connectivity index (χ1) is 20.4. The maximum atomic E-state index is 13.3. The van der Waals surface area contributed by atoms with Crippen molar-refractivity contribution in [2.45, 2.75) is 55.0 Å². The zero-order valence-electron chi connectivity index (χ0n) is 26.0. The summed E-state index contributed by atoms with van der Waals surface area (Å²) < 4.78 is 15.1. The van der Waals surface area contributed by atoms with Crippen molar-refractivity contribution in [1.29, 1.82) is 0 Å². The van der Waals surface area contributed by atoms with E-state index in [-0.39, 0.29) is 5.82 Å². The van der Waals surface area contributed by atoms with Crippen molar-refractivity contribution in [3.8, 4) is 0 Å². The second kappa shape index (κ2) is 14.8. The van der Waals surface area contributed by atoms with Crippen molar-refractivity contribution in [2.75, 3.05) is 28.2 Å². The first-order valence-electron chi connectivity index (χ1n) is 14.4. The molecule has 1 heterocycles. The topological polar surface area (TPSA) is 18.5 Å². The van der Waals surface area contributed by atoms with E-state index >= 15 is 0 Å². The molecule has 4 aromatic rings. The number of benzene rings is 4. The van der Waals surface area contributed by atoms with Crippen LogP contribution in [0.3, 0.4) is 0 Å². The van der Waals surface area contributed by atoms with E-state index in [0.717, 1.165) is 29.9 Å². The number of nitrogens with zero attached hydrogens (tertiary/aromatic N) is 2. The summed E-state index contributed by atoms with van der Waals surface area (Å²) >= 11 is -1.97. The van der Waals surface area contributed by atoms with Crippen molar-refractivity contribution in [3.63, 3.8) is 0 Å². The number of anilines is 3. The summed E-state index contributed by atoms with van der Waals surface area (Å²) in [5.41, 5.74) is 14.8. The first kappa shape index (κ1) is 33.2. The first-order valence-corrected chi connectivity index (χ1v) is 19.9. The van der Waals surface area contributed by atoms with Crippen LogP contribution in [-0.4, -0.2) is 17.7 Å². The zero-order chi connectivity index (χ0) is 31.3. The van der Waals surface area contributed by atoms with E-state index < -0.39 is 13.5 Å². The van der Waals surface area contributed by atoms with Crippen molar-refractivity contribution < 1.29 is 17.9 Å². The van der Waals surface area contributed by atoms with Crippen LogP contribution in [-0.2, 0) is 20.1 Å². The molecule has 0 amide bonds. The summed E-state index contributed by atoms with van der Waals surface area (Å²) in [6.45, 7) is 20.2. The number of halogens is 3. The number of hydrogen-bond donors (Lipinski definition) is 1. The second-order valence-corrected chi connectivity index (χ2v) is 17.0. The van der Waals surface area contributed by atoms with Crippen LogP contribution in [0.2, 0.25) is 0 Å². The Labute approximate surface area is 270 Å². The van der Waals surface area contributed by atoms with Crippen LogP contribution in [0.4, 0.5) is 21.5 Å². The van der Waals surface area contributed by atoms with E-state index in [1.807, 2.05) is 31.2 Å². The van der Waals surface area contributed by atoms with E-state index in [4.69, 9.17) is 19.4 Å². The molecule has 0 radical (unpaired) electrons. The van der Waals surface area contributed by atoms with E-state index in [2.05, 4.69) is 87.6 Å². The minimum absolute atomic E-state index is 0.278. The van der Waals surface area contributed by atoms with Crippen molar-refractivity contribution in [3.05, 3.63) is 129 Å². The van der Waals surface area contributed by atoms with E-state index in [9.17, 15) is 4.39 Å². The van der Waals surface area contributed by atoms with Gasteiger partial charge in [-0.2, -0.15) is 6.67 Å². The molecule has 4 aromatic carbocycles. The van der Waals surface area contributed by atoms with Gasteiger partial charge in [0.15, 0.2) is 0 Å². The minimum atomic E-state index is -1.97. The van der Waals surface area contributed by atoms with Gasteiger partial charge in [0.25, 0.3) is 0 Å². The Kier molecular flexibility index (Phi) is 11.5. The second-order valence-electron chi connectivity index (χ2n) is 11.3. The van der Waals surface area contributed by atoms with Gasteiger partial charge in [0, 0.05) is 24.5 Å². The Morgan fingerprint density at radius 1 is 0.744 bits per heavy atom. The number of rotatable bonds is 6. The monoisotopic (exact) mass is 706 g/mol. The maximum absolute atomic E-state index is 13.3. The van der Waals surface area contributed by atoms with E-state index in [1.165, 1.54) is 62.5 Å². The number of nitrogens with one attached hydrogen (secondary N) is 1. The summed E-state index contributed by atoms with van der Waals surface area (Å²) in [5, 5.41) is 3.35. The van der Waals surface area contributed by atoms with Gasteiger partial charge >= 0.3 is 131 Å². The Bertz CT molecular complexity index is 1520. The molecule has 1 aliphatic heterocycles. The summed E-state index contributed by atoms with van der Waals surface area (Å²) in [7, 11) is 11.8. The van der Waals surface area contributed by atoms with Gasteiger partial charge in [-0.1, -0.05) is 35.4 Å². The van der Waals surface area contributed by atoms with Gasteiger partial charge in [0.2, 0.25) is 0 Å². The van der Waals surface area contributed by atoms with Gasteiger partial charge in [0.05, 0.1) is 0 Å². The summed E-state index contributed by atoms with van der Waals surface area (Å²) in [4.78, 5) is 4.81. The van der Waals surface area contributed by atoms with Gasteiger partial charge in [-0.25, -0.2) is 0 Å². The molecule has 1 fully saturated rings. The average molecular weight is 707 g/mol. The quantitative estimate of drug-likeness (QED) is 0.159. The van der Waals surface area contributed by atoms with E-state index in [1.54, 1.807) is 10.7 Å². The van der Waals surface area contributed by atoms with Crippen LogP contribution in [0.25, 0.3) is 0 Å². The molecule has 0 saturated carbocycles. The standard InChI is InChI=1S/C21H27N2.C15H14FN.2ClH.Ru/c1-14-9-16(3)20(17(4)10-14)22-7-8-23(13-22)21-18(5)11-15(2)12-19(21)6;1-11-5-3-4-6-15(11)17-10-13-7-8-14(16)9-12(13)2;;;/h9-13H,7-8H2,1-6H3;2-9,17H,10H2,1H3;2*1H;/q-1;;;;+2/p-2. The van der Waals surface area contributed by atoms with Gasteiger partial charge in [0.1, 0.15) is 0 Å². The Balaban J connectivity index is 0.000000199. The molecule has 0 unspecified atom stereocenters. The number of hydrogen-bond acceptors (Lipinski definition) is 3. The summed E-state index contributed by atoms with van der Waals surface area (Å²) in [6, 6.07) is 21.8. The van der Waals surface area contributed by atoms with Gasteiger partial charge < -0.3 is 9.80 Å². The van der Waals surface area contributed by atoms with Crippen molar-refractivity contribution >= 4 is 41.1 Å². The van der Waals surface area contributed by atoms with Crippen LogP contribution in [0.5, 0.6) is 0 Å². The molecular formula is C36H41Cl2FN3Ru-. The van der Waals surface area contributed by atoms with Gasteiger partial charge in [-0.15, -0.1) is 0 Å². The zero-order valence-corrected chi connectivity index (χ0v) is 29.3. The number of para-hydroxylation sites is 1. The molecule has 0 aliphatic carbocycles. The third-order valence-electron chi connectivity index (χ3n) is 7.62. The molecule has 43 heavy (non-hydrogen) atoms. The molecule has 0 bridgehead atoms. The molecule has 1 saturated heterocycles. The molecule has 7 heteroatoms.